The second-order valence-corrected chi connectivity index (χ2v) is 6.24. The summed E-state index contributed by atoms with van der Waals surface area (Å²) in [5, 5.41) is 3.39. The second-order valence-electron chi connectivity index (χ2n) is 5.83. The van der Waals surface area contributed by atoms with E-state index in [9.17, 15) is 4.79 Å². The highest BCUT2D eigenvalue weighted by molar-refractivity contribution is 6.32. The Bertz CT molecular complexity index is 718. The van der Waals surface area contributed by atoms with Gasteiger partial charge in [0.1, 0.15) is 18.1 Å². The molecule has 25 heavy (non-hydrogen) atoms. The molecule has 2 aromatic carbocycles. The molecular weight excluding hydrogens is 338 g/mol. The molecule has 0 radical (unpaired) electrons. The van der Waals surface area contributed by atoms with Crippen LogP contribution >= 0.6 is 11.6 Å². The van der Waals surface area contributed by atoms with Crippen LogP contribution in [0, 0.1) is 13.8 Å². The summed E-state index contributed by atoms with van der Waals surface area (Å²) in [6.07, 6.45) is 0.0619. The van der Waals surface area contributed by atoms with E-state index in [2.05, 4.69) is 5.32 Å². The minimum atomic E-state index is -0.526. The molecule has 134 valence electrons. The number of ether oxygens (including phenoxy) is 2. The first-order valence-electron chi connectivity index (χ1n) is 8.40. The molecule has 0 bridgehead atoms. The molecule has 2 aromatic rings. The maximum absolute atomic E-state index is 12.3. The molecule has 1 amide bonds. The van der Waals surface area contributed by atoms with Gasteiger partial charge in [0, 0.05) is 0 Å². The lowest BCUT2D eigenvalue weighted by Gasteiger charge is -2.18. The average molecular weight is 362 g/mol. The maximum Gasteiger partial charge on any atom is 0.261 e. The highest BCUT2D eigenvalue weighted by Gasteiger charge is 2.18. The van der Waals surface area contributed by atoms with Crippen molar-refractivity contribution in [1.82, 2.24) is 5.32 Å². The van der Waals surface area contributed by atoms with Crippen LogP contribution in [0.25, 0.3) is 0 Å². The molecule has 0 aliphatic heterocycles. The van der Waals surface area contributed by atoms with E-state index in [0.29, 0.717) is 36.1 Å². The fraction of sp³-hybridized carbons (Fsp3) is 0.350. The van der Waals surface area contributed by atoms with Crippen molar-refractivity contribution in [3.63, 3.8) is 0 Å². The lowest BCUT2D eigenvalue weighted by molar-refractivity contribution is -0.128. The highest BCUT2D eigenvalue weighted by Crippen LogP contribution is 2.22. The molecule has 0 fully saturated rings. The molecule has 0 aliphatic carbocycles. The number of carbonyl (C=O) groups excluding carboxylic acids is 1. The first-order chi connectivity index (χ1) is 12.0. The lowest BCUT2D eigenvalue weighted by atomic mass is 10.1. The first-order valence-corrected chi connectivity index (χ1v) is 8.78. The van der Waals surface area contributed by atoms with Crippen LogP contribution in [-0.4, -0.2) is 25.2 Å². The number of hydrogen-bond acceptors (Lipinski definition) is 3. The smallest absolute Gasteiger partial charge is 0.261 e. The Labute approximate surface area is 154 Å². The first kappa shape index (κ1) is 19.1. The van der Waals surface area contributed by atoms with E-state index in [1.165, 1.54) is 5.56 Å². The molecule has 0 saturated heterocycles. The third-order valence-electron chi connectivity index (χ3n) is 3.92. The number of hydrogen-bond donors (Lipinski definition) is 1. The van der Waals surface area contributed by atoms with Gasteiger partial charge in [-0.05, 0) is 55.7 Å². The van der Waals surface area contributed by atoms with E-state index < -0.39 is 6.10 Å². The summed E-state index contributed by atoms with van der Waals surface area (Å²) in [6, 6.07) is 13.1. The summed E-state index contributed by atoms with van der Waals surface area (Å²) in [4.78, 5) is 12.3. The van der Waals surface area contributed by atoms with Gasteiger partial charge in [-0.2, -0.15) is 0 Å². The Morgan fingerprint density at radius 3 is 2.60 bits per heavy atom. The Kier molecular flexibility index (Phi) is 7.14. The molecule has 5 heteroatoms. The van der Waals surface area contributed by atoms with E-state index in [1.807, 2.05) is 51.1 Å². The van der Waals surface area contributed by atoms with Crippen molar-refractivity contribution >= 4 is 17.5 Å². The van der Waals surface area contributed by atoms with Crippen LogP contribution in [0.1, 0.15) is 24.5 Å². The van der Waals surface area contributed by atoms with Gasteiger partial charge >= 0.3 is 0 Å². The minimum Gasteiger partial charge on any atom is -0.490 e. The molecule has 0 unspecified atom stereocenters. The van der Waals surface area contributed by atoms with Gasteiger partial charge in [-0.1, -0.05) is 36.7 Å². The molecule has 0 aromatic heterocycles. The van der Waals surface area contributed by atoms with Crippen LogP contribution in [0.4, 0.5) is 0 Å². The minimum absolute atomic E-state index is 0.150. The number of benzene rings is 2. The zero-order chi connectivity index (χ0) is 18.2. The number of para-hydroxylation sites is 1. The van der Waals surface area contributed by atoms with Crippen molar-refractivity contribution in [3.05, 3.63) is 58.6 Å². The number of rotatable bonds is 8. The summed E-state index contributed by atoms with van der Waals surface area (Å²) in [6.45, 7) is 6.72. The van der Waals surface area contributed by atoms with Crippen molar-refractivity contribution in [1.29, 1.82) is 0 Å². The molecule has 1 atom stereocenters. The SMILES string of the molecule is CC[C@H](Oc1ccc(C)c(C)c1)C(=O)NCCOc1ccccc1Cl. The normalized spacial score (nSPS) is 11.7. The van der Waals surface area contributed by atoms with Gasteiger partial charge in [0.2, 0.25) is 0 Å². The summed E-state index contributed by atoms with van der Waals surface area (Å²) in [7, 11) is 0. The van der Waals surface area contributed by atoms with E-state index in [-0.39, 0.29) is 5.91 Å². The average Bonchev–Trinajstić information content (AvgIpc) is 2.60. The second kappa shape index (κ2) is 9.33. The zero-order valence-corrected chi connectivity index (χ0v) is 15.6. The maximum atomic E-state index is 12.3. The largest absolute Gasteiger partial charge is 0.490 e. The molecule has 1 N–H and O–H groups in total. The number of amides is 1. The monoisotopic (exact) mass is 361 g/mol. The van der Waals surface area contributed by atoms with Gasteiger partial charge < -0.3 is 14.8 Å². The Balaban J connectivity index is 1.81. The molecule has 4 nitrogen and oxygen atoms in total. The summed E-state index contributed by atoms with van der Waals surface area (Å²) < 4.78 is 11.4. The van der Waals surface area contributed by atoms with Crippen LogP contribution in [0.3, 0.4) is 0 Å². The Morgan fingerprint density at radius 1 is 1.16 bits per heavy atom. The molecule has 0 spiro atoms. The topological polar surface area (TPSA) is 47.6 Å². The molecule has 0 saturated carbocycles. The number of nitrogens with one attached hydrogen (secondary N) is 1. The standard InChI is InChI=1S/C20H24ClNO3/c1-4-18(25-16-10-9-14(2)15(3)13-16)20(23)22-11-12-24-19-8-6-5-7-17(19)21/h5-10,13,18H,4,11-12H2,1-3H3,(H,22,23)/t18-/m0/s1. The van der Waals surface area contributed by atoms with Crippen LogP contribution in [-0.2, 0) is 4.79 Å². The van der Waals surface area contributed by atoms with Crippen molar-refractivity contribution < 1.29 is 14.3 Å². The van der Waals surface area contributed by atoms with E-state index in [4.69, 9.17) is 21.1 Å². The number of carbonyl (C=O) groups is 1. The predicted molar refractivity (Wildman–Crippen MR) is 101 cm³/mol. The van der Waals surface area contributed by atoms with E-state index in [1.54, 1.807) is 12.1 Å². The van der Waals surface area contributed by atoms with E-state index in [0.717, 1.165) is 5.56 Å². The Hall–Kier alpha value is -2.20. The third kappa shape index (κ3) is 5.68. The van der Waals surface area contributed by atoms with E-state index >= 15 is 0 Å². The van der Waals surface area contributed by atoms with Gasteiger partial charge in [-0.3, -0.25) is 4.79 Å². The van der Waals surface area contributed by atoms with Crippen molar-refractivity contribution in [2.45, 2.75) is 33.3 Å². The van der Waals surface area contributed by atoms with Crippen LogP contribution in [0.5, 0.6) is 11.5 Å². The predicted octanol–water partition coefficient (Wildman–Crippen LogP) is 4.31. The van der Waals surface area contributed by atoms with Crippen molar-refractivity contribution in [2.75, 3.05) is 13.2 Å². The zero-order valence-electron chi connectivity index (χ0n) is 14.8. The summed E-state index contributed by atoms with van der Waals surface area (Å²) >= 11 is 6.02. The van der Waals surface area contributed by atoms with Crippen LogP contribution in [0.15, 0.2) is 42.5 Å². The number of halogens is 1. The molecule has 0 aliphatic rings. The fourth-order valence-corrected chi connectivity index (χ4v) is 2.47. The van der Waals surface area contributed by atoms with Crippen molar-refractivity contribution in [2.24, 2.45) is 0 Å². The lowest BCUT2D eigenvalue weighted by Crippen LogP contribution is -2.39. The molecule has 2 rings (SSSR count). The van der Waals surface area contributed by atoms with Gasteiger partial charge in [-0.15, -0.1) is 0 Å². The van der Waals surface area contributed by atoms with Gasteiger partial charge in [-0.25, -0.2) is 0 Å². The summed E-state index contributed by atoms with van der Waals surface area (Å²) in [5.41, 5.74) is 2.34. The summed E-state index contributed by atoms with van der Waals surface area (Å²) in [5.74, 6) is 1.16. The fourth-order valence-electron chi connectivity index (χ4n) is 2.28. The van der Waals surface area contributed by atoms with Gasteiger partial charge in [0.15, 0.2) is 6.10 Å². The Morgan fingerprint density at radius 2 is 1.92 bits per heavy atom. The van der Waals surface area contributed by atoms with Gasteiger partial charge in [0.25, 0.3) is 5.91 Å². The molecular formula is C20H24ClNO3. The van der Waals surface area contributed by atoms with Gasteiger partial charge in [0.05, 0.1) is 11.6 Å². The third-order valence-corrected chi connectivity index (χ3v) is 4.23. The highest BCUT2D eigenvalue weighted by atomic mass is 35.5. The van der Waals surface area contributed by atoms with Crippen LogP contribution in [0.2, 0.25) is 5.02 Å². The molecule has 0 heterocycles. The quantitative estimate of drug-likeness (QED) is 0.713. The number of aryl methyl sites for hydroxylation is 2. The van der Waals surface area contributed by atoms with Crippen LogP contribution < -0.4 is 14.8 Å². The van der Waals surface area contributed by atoms with Crippen molar-refractivity contribution in [3.8, 4) is 11.5 Å².